The molecule has 5 aliphatic rings. The van der Waals surface area contributed by atoms with Crippen molar-refractivity contribution in [2.24, 2.45) is 56.7 Å². The molecule has 4 nitrogen and oxygen atoms in total. The number of carbonyl (C=O) groups excluding carboxylic acids is 3. The maximum atomic E-state index is 13.3. The van der Waals surface area contributed by atoms with Gasteiger partial charge in [-0.3, -0.25) is 14.4 Å². The van der Waals surface area contributed by atoms with Crippen molar-refractivity contribution in [2.45, 2.75) is 106 Å². The van der Waals surface area contributed by atoms with Crippen molar-refractivity contribution in [3.05, 3.63) is 0 Å². The number of hydrogen-bond acceptors (Lipinski definition) is 4. The summed E-state index contributed by atoms with van der Waals surface area (Å²) in [7, 11) is 1.52. The summed E-state index contributed by atoms with van der Waals surface area (Å²) >= 11 is 0. The van der Waals surface area contributed by atoms with Gasteiger partial charge in [-0.15, -0.1) is 0 Å². The normalized spacial score (nSPS) is 51.5. The molecule has 34 heavy (non-hydrogen) atoms. The lowest BCUT2D eigenvalue weighted by atomic mass is 9.32. The van der Waals surface area contributed by atoms with Gasteiger partial charge in [0.25, 0.3) is 0 Å². The Morgan fingerprint density at radius 3 is 2.18 bits per heavy atom. The van der Waals surface area contributed by atoms with E-state index in [2.05, 4.69) is 34.6 Å². The van der Waals surface area contributed by atoms with Crippen LogP contribution in [0.3, 0.4) is 0 Å². The Morgan fingerprint density at radius 1 is 0.824 bits per heavy atom. The van der Waals surface area contributed by atoms with Crippen LogP contribution in [-0.2, 0) is 19.1 Å². The monoisotopic (exact) mass is 470 g/mol. The molecule has 0 aliphatic heterocycles. The molecule has 0 saturated heterocycles. The summed E-state index contributed by atoms with van der Waals surface area (Å²) in [6.07, 6.45) is 9.80. The van der Waals surface area contributed by atoms with E-state index in [0.717, 1.165) is 57.8 Å². The number of ketones is 2. The van der Waals surface area contributed by atoms with Crippen molar-refractivity contribution in [1.29, 1.82) is 0 Å². The number of rotatable bonds is 2. The van der Waals surface area contributed by atoms with Gasteiger partial charge in [0.05, 0.1) is 12.5 Å². The molecule has 4 heteroatoms. The van der Waals surface area contributed by atoms with Gasteiger partial charge < -0.3 is 4.74 Å². The van der Waals surface area contributed by atoms with Gasteiger partial charge >= 0.3 is 5.97 Å². The minimum absolute atomic E-state index is 0.0120. The fraction of sp³-hybridized carbons (Fsp3) is 0.900. The molecular weight excluding hydrogens is 424 g/mol. The zero-order chi connectivity index (χ0) is 24.9. The van der Waals surface area contributed by atoms with Crippen molar-refractivity contribution in [3.63, 3.8) is 0 Å². The molecule has 0 aromatic heterocycles. The Bertz CT molecular complexity index is 921. The smallest absolute Gasteiger partial charge is 0.312 e. The summed E-state index contributed by atoms with van der Waals surface area (Å²) in [4.78, 5) is 39.0. The van der Waals surface area contributed by atoms with Gasteiger partial charge in [-0.25, -0.2) is 0 Å². The van der Waals surface area contributed by atoms with Crippen molar-refractivity contribution in [2.75, 3.05) is 7.11 Å². The molecule has 0 aromatic carbocycles. The second kappa shape index (κ2) is 7.42. The molecule has 5 rings (SSSR count). The Labute approximate surface area is 206 Å². The average Bonchev–Trinajstić information content (AvgIpc) is 3.18. The van der Waals surface area contributed by atoms with Crippen LogP contribution < -0.4 is 0 Å². The number of carbonyl (C=O) groups is 3. The van der Waals surface area contributed by atoms with E-state index in [1.165, 1.54) is 7.11 Å². The van der Waals surface area contributed by atoms with Crippen LogP contribution in [-0.4, -0.2) is 24.6 Å². The van der Waals surface area contributed by atoms with Crippen LogP contribution in [0.4, 0.5) is 0 Å². The third-order valence-corrected chi connectivity index (χ3v) is 13.3. The molecule has 0 radical (unpaired) electrons. The number of ether oxygens (including phenoxy) is 1. The quantitative estimate of drug-likeness (QED) is 0.438. The topological polar surface area (TPSA) is 60.4 Å². The summed E-state index contributed by atoms with van der Waals surface area (Å²) in [5.74, 6) is 2.18. The van der Waals surface area contributed by atoms with E-state index in [1.54, 1.807) is 6.92 Å². The molecule has 0 bridgehead atoms. The highest BCUT2D eigenvalue weighted by Crippen LogP contribution is 2.77. The van der Waals surface area contributed by atoms with Crippen LogP contribution in [0, 0.1) is 56.7 Å². The first-order valence-corrected chi connectivity index (χ1v) is 13.9. The molecule has 0 spiro atoms. The number of hydrogen-bond donors (Lipinski definition) is 0. The Balaban J connectivity index is 1.57. The largest absolute Gasteiger partial charge is 0.469 e. The lowest BCUT2D eigenvalue weighted by molar-refractivity contribution is -0.236. The predicted octanol–water partition coefficient (Wildman–Crippen LogP) is 6.40. The van der Waals surface area contributed by atoms with E-state index in [4.69, 9.17) is 4.74 Å². The van der Waals surface area contributed by atoms with E-state index >= 15 is 0 Å². The van der Waals surface area contributed by atoms with E-state index in [-0.39, 0.29) is 45.2 Å². The van der Waals surface area contributed by atoms with Gasteiger partial charge in [-0.1, -0.05) is 34.6 Å². The fourth-order valence-corrected chi connectivity index (χ4v) is 11.4. The first-order chi connectivity index (χ1) is 15.8. The molecule has 0 N–H and O–H groups in total. The van der Waals surface area contributed by atoms with Gasteiger partial charge in [0, 0.05) is 17.8 Å². The summed E-state index contributed by atoms with van der Waals surface area (Å²) in [6, 6.07) is 0. The van der Waals surface area contributed by atoms with Crippen molar-refractivity contribution in [3.8, 4) is 0 Å². The van der Waals surface area contributed by atoms with Crippen LogP contribution in [0.15, 0.2) is 0 Å². The second-order valence-corrected chi connectivity index (χ2v) is 14.2. The summed E-state index contributed by atoms with van der Waals surface area (Å²) in [5.41, 5.74) is -0.243. The third kappa shape index (κ3) is 2.75. The first-order valence-electron chi connectivity index (χ1n) is 13.9. The van der Waals surface area contributed by atoms with Crippen molar-refractivity contribution in [1.82, 2.24) is 0 Å². The van der Waals surface area contributed by atoms with E-state index in [0.29, 0.717) is 30.0 Å². The molecule has 0 aromatic rings. The third-order valence-electron chi connectivity index (χ3n) is 13.3. The molecule has 5 fully saturated rings. The average molecular weight is 471 g/mol. The van der Waals surface area contributed by atoms with Crippen LogP contribution >= 0.6 is 0 Å². The summed E-state index contributed by atoms with van der Waals surface area (Å²) in [6.45, 7) is 13.7. The summed E-state index contributed by atoms with van der Waals surface area (Å²) < 4.78 is 5.40. The standard InChI is InChI=1S/C30H46O4/c1-18(31)19-10-15-30(25(33)34-7)17-16-28(5)20(24(19)30)8-9-22-27(4)13-12-23(32)26(2,3)21(27)11-14-29(22,28)6/h19-22,24H,8-17H2,1-7H3/t19-,20+,21-,22+,24-,27-,28+,29+,30-/m0/s1. The Kier molecular flexibility index (Phi) is 5.34. The molecule has 0 amide bonds. The first kappa shape index (κ1) is 24.5. The highest BCUT2D eigenvalue weighted by atomic mass is 16.5. The minimum atomic E-state index is -0.473. The van der Waals surface area contributed by atoms with Crippen LogP contribution in [0.1, 0.15) is 106 Å². The van der Waals surface area contributed by atoms with Gasteiger partial charge in [0.2, 0.25) is 0 Å². The molecule has 190 valence electrons. The fourth-order valence-electron chi connectivity index (χ4n) is 11.4. The van der Waals surface area contributed by atoms with Gasteiger partial charge in [0.15, 0.2) is 0 Å². The Morgan fingerprint density at radius 2 is 1.53 bits per heavy atom. The lowest BCUT2D eigenvalue weighted by Crippen LogP contribution is -2.66. The Hall–Kier alpha value is -1.19. The molecule has 5 saturated carbocycles. The van der Waals surface area contributed by atoms with E-state index < -0.39 is 5.41 Å². The predicted molar refractivity (Wildman–Crippen MR) is 132 cm³/mol. The SMILES string of the molecule is COC(=O)[C@]12CC[C@@H](C(C)=O)[C@H]1[C@H]1CC[C@@H]3[C@@]4(C)CCC(=O)C(C)(C)[C@@H]4CC[C@@]3(C)[C@]1(C)CC2. The van der Waals surface area contributed by atoms with Gasteiger partial charge in [-0.05, 0) is 105 Å². The van der Waals surface area contributed by atoms with E-state index in [1.807, 2.05) is 0 Å². The molecule has 0 unspecified atom stereocenters. The molecule has 9 atom stereocenters. The van der Waals surface area contributed by atoms with E-state index in [9.17, 15) is 14.4 Å². The number of Topliss-reactive ketones (excluding diaryl/α,β-unsaturated/α-hetero) is 2. The molecule has 0 heterocycles. The maximum absolute atomic E-state index is 13.3. The van der Waals surface area contributed by atoms with Crippen molar-refractivity contribution < 1.29 is 19.1 Å². The van der Waals surface area contributed by atoms with Crippen LogP contribution in [0.2, 0.25) is 0 Å². The lowest BCUT2D eigenvalue weighted by Gasteiger charge is -2.72. The minimum Gasteiger partial charge on any atom is -0.469 e. The number of esters is 1. The zero-order valence-electron chi connectivity index (χ0n) is 22.6. The zero-order valence-corrected chi connectivity index (χ0v) is 22.6. The molecule has 5 aliphatic carbocycles. The number of methoxy groups -OCH3 is 1. The van der Waals surface area contributed by atoms with Crippen LogP contribution in [0.5, 0.6) is 0 Å². The van der Waals surface area contributed by atoms with Gasteiger partial charge in [-0.2, -0.15) is 0 Å². The second-order valence-electron chi connectivity index (χ2n) is 14.2. The summed E-state index contributed by atoms with van der Waals surface area (Å²) in [5, 5.41) is 0. The highest BCUT2D eigenvalue weighted by molar-refractivity contribution is 5.85. The highest BCUT2D eigenvalue weighted by Gasteiger charge is 2.72. The maximum Gasteiger partial charge on any atom is 0.312 e. The van der Waals surface area contributed by atoms with Crippen molar-refractivity contribution >= 4 is 17.5 Å². The van der Waals surface area contributed by atoms with Crippen LogP contribution in [0.25, 0.3) is 0 Å². The van der Waals surface area contributed by atoms with Gasteiger partial charge in [0.1, 0.15) is 11.6 Å². The number of fused-ring (bicyclic) bond motifs is 7. The molecular formula is C30H46O4.